The van der Waals surface area contributed by atoms with E-state index in [2.05, 4.69) is 17.1 Å². The molecule has 1 fully saturated rings. The first-order chi connectivity index (χ1) is 5.79. The summed E-state index contributed by atoms with van der Waals surface area (Å²) in [5.74, 6) is 0.396. The van der Waals surface area contributed by atoms with E-state index in [1.54, 1.807) is 6.20 Å². The van der Waals surface area contributed by atoms with Crippen LogP contribution in [0.15, 0.2) is 6.20 Å². The van der Waals surface area contributed by atoms with Crippen molar-refractivity contribution in [1.82, 2.24) is 10.2 Å². The number of nitrogens with zero attached hydrogens (tertiary/aromatic N) is 1. The van der Waals surface area contributed by atoms with Crippen LogP contribution >= 0.6 is 0 Å². The SMILES string of the molecule is CC1OCCC1c1[nH]ncc1N. The molecule has 0 aromatic carbocycles. The van der Waals surface area contributed by atoms with Gasteiger partial charge in [-0.3, -0.25) is 5.10 Å². The average Bonchev–Trinajstić information content (AvgIpc) is 2.59. The number of aromatic amines is 1. The third-order valence-electron chi connectivity index (χ3n) is 2.45. The lowest BCUT2D eigenvalue weighted by Crippen LogP contribution is -2.11. The Balaban J connectivity index is 2.24. The minimum atomic E-state index is 0.257. The van der Waals surface area contributed by atoms with Gasteiger partial charge in [0.15, 0.2) is 0 Å². The molecule has 2 atom stereocenters. The summed E-state index contributed by atoms with van der Waals surface area (Å²) >= 11 is 0. The first kappa shape index (κ1) is 7.61. The summed E-state index contributed by atoms with van der Waals surface area (Å²) in [5.41, 5.74) is 7.51. The van der Waals surface area contributed by atoms with E-state index in [9.17, 15) is 0 Å². The molecule has 2 rings (SSSR count). The number of H-pyrrole nitrogens is 1. The Labute approximate surface area is 71.1 Å². The molecule has 66 valence electrons. The molecule has 1 aliphatic heterocycles. The number of ether oxygens (including phenoxy) is 1. The highest BCUT2D eigenvalue weighted by Crippen LogP contribution is 2.32. The van der Waals surface area contributed by atoms with Gasteiger partial charge in [0.05, 0.1) is 23.7 Å². The fourth-order valence-electron chi connectivity index (χ4n) is 1.71. The number of nitrogens with one attached hydrogen (secondary N) is 1. The van der Waals surface area contributed by atoms with Crippen LogP contribution in [0, 0.1) is 0 Å². The van der Waals surface area contributed by atoms with Crippen LogP contribution in [0.2, 0.25) is 0 Å². The number of nitrogen functional groups attached to an aromatic ring is 1. The Morgan fingerprint density at radius 2 is 2.58 bits per heavy atom. The summed E-state index contributed by atoms with van der Waals surface area (Å²) in [6.07, 6.45) is 2.95. The van der Waals surface area contributed by atoms with E-state index in [1.165, 1.54) is 0 Å². The smallest absolute Gasteiger partial charge is 0.0734 e. The summed E-state index contributed by atoms with van der Waals surface area (Å²) in [7, 11) is 0. The lowest BCUT2D eigenvalue weighted by atomic mass is 9.98. The fraction of sp³-hybridized carbons (Fsp3) is 0.625. The largest absolute Gasteiger partial charge is 0.396 e. The van der Waals surface area contributed by atoms with Crippen molar-refractivity contribution < 1.29 is 4.74 Å². The minimum absolute atomic E-state index is 0.257. The Morgan fingerprint density at radius 1 is 1.75 bits per heavy atom. The van der Waals surface area contributed by atoms with E-state index in [4.69, 9.17) is 10.5 Å². The van der Waals surface area contributed by atoms with Crippen LogP contribution in [0.3, 0.4) is 0 Å². The maximum Gasteiger partial charge on any atom is 0.0734 e. The van der Waals surface area contributed by atoms with Gasteiger partial charge in [0.2, 0.25) is 0 Å². The number of hydrogen-bond acceptors (Lipinski definition) is 3. The van der Waals surface area contributed by atoms with Gasteiger partial charge in [0, 0.05) is 12.5 Å². The molecule has 0 saturated carbocycles. The van der Waals surface area contributed by atoms with Gasteiger partial charge in [-0.2, -0.15) is 5.10 Å². The van der Waals surface area contributed by atoms with Gasteiger partial charge in [0.1, 0.15) is 0 Å². The third kappa shape index (κ3) is 1.08. The maximum absolute atomic E-state index is 5.73. The van der Waals surface area contributed by atoms with Crippen molar-refractivity contribution in [3.63, 3.8) is 0 Å². The van der Waals surface area contributed by atoms with E-state index in [-0.39, 0.29) is 6.10 Å². The topological polar surface area (TPSA) is 63.9 Å². The number of nitrogens with two attached hydrogens (primary N) is 1. The zero-order valence-corrected chi connectivity index (χ0v) is 7.08. The molecule has 1 saturated heterocycles. The molecule has 2 unspecified atom stereocenters. The molecular weight excluding hydrogens is 154 g/mol. The molecule has 3 N–H and O–H groups in total. The van der Waals surface area contributed by atoms with Crippen LogP contribution < -0.4 is 5.73 Å². The van der Waals surface area contributed by atoms with Crippen LogP contribution in [-0.2, 0) is 4.74 Å². The lowest BCUT2D eigenvalue weighted by Gasteiger charge is -2.12. The number of rotatable bonds is 1. The average molecular weight is 167 g/mol. The molecule has 1 aromatic heterocycles. The highest BCUT2D eigenvalue weighted by molar-refractivity contribution is 5.42. The Bertz CT molecular complexity index is 271. The summed E-state index contributed by atoms with van der Waals surface area (Å²) in [4.78, 5) is 0. The van der Waals surface area contributed by atoms with Crippen molar-refractivity contribution >= 4 is 5.69 Å². The number of anilines is 1. The number of hydrogen-bond donors (Lipinski definition) is 2. The van der Waals surface area contributed by atoms with Crippen LogP contribution in [-0.4, -0.2) is 22.9 Å². The van der Waals surface area contributed by atoms with Crippen molar-refractivity contribution in [1.29, 1.82) is 0 Å². The maximum atomic E-state index is 5.73. The summed E-state index contributed by atoms with van der Waals surface area (Å²) < 4.78 is 5.44. The second-order valence-electron chi connectivity index (χ2n) is 3.21. The Morgan fingerprint density at radius 3 is 3.08 bits per heavy atom. The van der Waals surface area contributed by atoms with E-state index >= 15 is 0 Å². The van der Waals surface area contributed by atoms with Gasteiger partial charge < -0.3 is 10.5 Å². The van der Waals surface area contributed by atoms with E-state index in [0.29, 0.717) is 5.92 Å². The molecular formula is C8H13N3O. The molecule has 1 aromatic rings. The zero-order chi connectivity index (χ0) is 8.55. The van der Waals surface area contributed by atoms with Crippen LogP contribution in [0.1, 0.15) is 25.0 Å². The molecule has 4 heteroatoms. The highest BCUT2D eigenvalue weighted by atomic mass is 16.5. The molecule has 0 aliphatic carbocycles. The summed E-state index contributed by atoms with van der Waals surface area (Å²) in [6, 6.07) is 0. The van der Waals surface area contributed by atoms with Gasteiger partial charge in [-0.25, -0.2) is 0 Å². The molecule has 2 heterocycles. The molecule has 0 bridgehead atoms. The highest BCUT2D eigenvalue weighted by Gasteiger charge is 2.28. The van der Waals surface area contributed by atoms with Gasteiger partial charge >= 0.3 is 0 Å². The van der Waals surface area contributed by atoms with Crippen molar-refractivity contribution in [2.45, 2.75) is 25.4 Å². The third-order valence-corrected chi connectivity index (χ3v) is 2.45. The van der Waals surface area contributed by atoms with Crippen LogP contribution in [0.5, 0.6) is 0 Å². The second kappa shape index (κ2) is 2.79. The summed E-state index contributed by atoms with van der Waals surface area (Å²) in [5, 5.41) is 6.82. The number of aromatic nitrogens is 2. The molecule has 0 spiro atoms. The van der Waals surface area contributed by atoms with Crippen molar-refractivity contribution in [3.05, 3.63) is 11.9 Å². The first-order valence-corrected chi connectivity index (χ1v) is 4.19. The standard InChI is InChI=1S/C8H13N3O/c1-5-6(2-3-12-5)8-7(9)4-10-11-8/h4-6H,2-3,9H2,1H3,(H,10,11). The molecule has 12 heavy (non-hydrogen) atoms. The van der Waals surface area contributed by atoms with Gasteiger partial charge in [-0.05, 0) is 13.3 Å². The molecule has 0 amide bonds. The monoisotopic (exact) mass is 167 g/mol. The zero-order valence-electron chi connectivity index (χ0n) is 7.08. The fourth-order valence-corrected chi connectivity index (χ4v) is 1.71. The predicted octanol–water partition coefficient (Wildman–Crippen LogP) is 0.884. The first-order valence-electron chi connectivity index (χ1n) is 4.19. The van der Waals surface area contributed by atoms with E-state index < -0.39 is 0 Å². The Kier molecular flexibility index (Phi) is 1.77. The molecule has 1 aliphatic rings. The van der Waals surface area contributed by atoms with Crippen molar-refractivity contribution in [3.8, 4) is 0 Å². The quantitative estimate of drug-likeness (QED) is 0.652. The normalized spacial score (nSPS) is 29.4. The molecule has 4 nitrogen and oxygen atoms in total. The van der Waals surface area contributed by atoms with E-state index in [0.717, 1.165) is 24.4 Å². The van der Waals surface area contributed by atoms with Crippen LogP contribution in [0.25, 0.3) is 0 Å². The van der Waals surface area contributed by atoms with Gasteiger partial charge in [-0.15, -0.1) is 0 Å². The summed E-state index contributed by atoms with van der Waals surface area (Å²) in [6.45, 7) is 2.89. The lowest BCUT2D eigenvalue weighted by molar-refractivity contribution is 0.118. The van der Waals surface area contributed by atoms with Crippen LogP contribution in [0.4, 0.5) is 5.69 Å². The van der Waals surface area contributed by atoms with Gasteiger partial charge in [-0.1, -0.05) is 0 Å². The van der Waals surface area contributed by atoms with Crippen molar-refractivity contribution in [2.75, 3.05) is 12.3 Å². The predicted molar refractivity (Wildman–Crippen MR) is 45.8 cm³/mol. The Hall–Kier alpha value is -1.03. The van der Waals surface area contributed by atoms with E-state index in [1.807, 2.05) is 0 Å². The molecule has 0 radical (unpaired) electrons. The van der Waals surface area contributed by atoms with Crippen molar-refractivity contribution in [2.24, 2.45) is 0 Å². The van der Waals surface area contributed by atoms with Gasteiger partial charge in [0.25, 0.3) is 0 Å². The minimum Gasteiger partial charge on any atom is -0.396 e. The second-order valence-corrected chi connectivity index (χ2v) is 3.21.